The second kappa shape index (κ2) is 8.38. The van der Waals surface area contributed by atoms with Crippen LogP contribution >= 0.6 is 34.5 Å². The van der Waals surface area contributed by atoms with Crippen molar-refractivity contribution in [3.63, 3.8) is 0 Å². The molecule has 12 heteroatoms. The van der Waals surface area contributed by atoms with Gasteiger partial charge in [-0.05, 0) is 23.8 Å². The maximum absolute atomic E-state index is 12.3. The van der Waals surface area contributed by atoms with Gasteiger partial charge in [0.05, 0.1) is 6.54 Å². The molecular formula is C14H13Cl2F3N4O2S. The monoisotopic (exact) mass is 428 g/mol. The summed E-state index contributed by atoms with van der Waals surface area (Å²) >= 11 is 12.9. The fourth-order valence-corrected chi connectivity index (χ4v) is 3.23. The molecule has 0 fully saturated rings. The highest BCUT2D eigenvalue weighted by Gasteiger charge is 2.39. The number of aliphatic hydroxyl groups is 1. The zero-order chi connectivity index (χ0) is 19.5. The second-order valence-corrected chi connectivity index (χ2v) is 7.26. The van der Waals surface area contributed by atoms with Gasteiger partial charge < -0.3 is 10.0 Å². The van der Waals surface area contributed by atoms with E-state index in [1.54, 1.807) is 18.2 Å². The minimum atomic E-state index is -4.80. The van der Waals surface area contributed by atoms with Crippen molar-refractivity contribution in [2.24, 2.45) is 0 Å². The van der Waals surface area contributed by atoms with Gasteiger partial charge in [0.1, 0.15) is 5.01 Å². The van der Waals surface area contributed by atoms with E-state index < -0.39 is 24.9 Å². The van der Waals surface area contributed by atoms with E-state index >= 15 is 0 Å². The van der Waals surface area contributed by atoms with Crippen molar-refractivity contribution in [1.82, 2.24) is 15.1 Å². The van der Waals surface area contributed by atoms with Crippen LogP contribution in [0.2, 0.25) is 10.0 Å². The number of aliphatic hydroxyl groups excluding tert-OH is 1. The molecule has 1 heterocycles. The molecule has 0 aliphatic heterocycles. The van der Waals surface area contributed by atoms with Gasteiger partial charge in [0, 0.05) is 23.5 Å². The number of urea groups is 1. The van der Waals surface area contributed by atoms with Crippen LogP contribution in [0.4, 0.5) is 23.1 Å². The first-order valence-corrected chi connectivity index (χ1v) is 8.66. The van der Waals surface area contributed by atoms with Crippen LogP contribution in [0.25, 0.3) is 0 Å². The smallest absolute Gasteiger partial charge is 0.382 e. The Morgan fingerprint density at radius 3 is 2.50 bits per heavy atom. The number of halogens is 5. The molecule has 6 nitrogen and oxygen atoms in total. The molecule has 0 saturated carbocycles. The van der Waals surface area contributed by atoms with Crippen molar-refractivity contribution in [3.8, 4) is 0 Å². The Morgan fingerprint density at radius 2 is 1.92 bits per heavy atom. The molecular weight excluding hydrogens is 416 g/mol. The van der Waals surface area contributed by atoms with Crippen molar-refractivity contribution in [2.75, 3.05) is 18.9 Å². The van der Waals surface area contributed by atoms with E-state index in [0.29, 0.717) is 26.4 Å². The van der Waals surface area contributed by atoms with Crippen LogP contribution in [0, 0.1) is 0 Å². The predicted octanol–water partition coefficient (Wildman–Crippen LogP) is 3.82. The summed E-state index contributed by atoms with van der Waals surface area (Å²) in [5.74, 6) is 0. The van der Waals surface area contributed by atoms with Gasteiger partial charge in [-0.2, -0.15) is 13.2 Å². The Kier molecular flexibility index (Phi) is 6.67. The standard InChI is InChI=1S/C14H13Cl2F3N4O2S/c1-23(6-10(24)14(17,18)19)13(25)20-12-22-21-11(26-12)4-7-2-8(15)5-9(16)3-7/h2-3,5,10,24H,4,6H2,1H3,(H,20,22,25)/t10-/m1/s1. The van der Waals surface area contributed by atoms with Gasteiger partial charge in [-0.15, -0.1) is 10.2 Å². The van der Waals surface area contributed by atoms with Crippen LogP contribution < -0.4 is 5.32 Å². The third kappa shape index (κ3) is 5.97. The number of carbonyl (C=O) groups is 1. The largest absolute Gasteiger partial charge is 0.416 e. The number of alkyl halides is 3. The van der Waals surface area contributed by atoms with Crippen LogP contribution in [0.15, 0.2) is 18.2 Å². The number of amides is 2. The van der Waals surface area contributed by atoms with Crippen LogP contribution in [-0.4, -0.2) is 52.1 Å². The number of aromatic nitrogens is 2. The molecule has 0 spiro atoms. The van der Waals surface area contributed by atoms with Crippen LogP contribution in [0.3, 0.4) is 0 Å². The Hall–Kier alpha value is -1.62. The lowest BCUT2D eigenvalue weighted by Crippen LogP contribution is -2.43. The fourth-order valence-electron chi connectivity index (χ4n) is 1.90. The van der Waals surface area contributed by atoms with Gasteiger partial charge in [-0.25, -0.2) is 4.79 Å². The molecule has 0 unspecified atom stereocenters. The first-order valence-electron chi connectivity index (χ1n) is 7.09. The molecule has 0 aliphatic carbocycles. The van der Waals surface area contributed by atoms with E-state index in [4.69, 9.17) is 28.3 Å². The molecule has 1 aromatic carbocycles. The Balaban J connectivity index is 1.96. The molecule has 1 atom stereocenters. The summed E-state index contributed by atoms with van der Waals surface area (Å²) < 4.78 is 37.0. The summed E-state index contributed by atoms with van der Waals surface area (Å²) in [6.07, 6.45) is -7.06. The number of rotatable bonds is 5. The van der Waals surface area contributed by atoms with E-state index in [1.807, 2.05) is 0 Å². The molecule has 142 valence electrons. The average molecular weight is 429 g/mol. The second-order valence-electron chi connectivity index (χ2n) is 5.32. The molecule has 2 N–H and O–H groups in total. The highest BCUT2D eigenvalue weighted by Crippen LogP contribution is 2.24. The SMILES string of the molecule is CN(C[C@@H](O)C(F)(F)F)C(=O)Nc1nnc(Cc2cc(Cl)cc(Cl)c2)s1. The number of anilines is 1. The predicted molar refractivity (Wildman–Crippen MR) is 92.9 cm³/mol. The van der Waals surface area contributed by atoms with E-state index in [1.165, 1.54) is 0 Å². The highest BCUT2D eigenvalue weighted by molar-refractivity contribution is 7.15. The van der Waals surface area contributed by atoms with Crippen molar-refractivity contribution < 1.29 is 23.1 Å². The first-order chi connectivity index (χ1) is 12.0. The lowest BCUT2D eigenvalue weighted by atomic mass is 10.2. The number of nitrogens with one attached hydrogen (secondary N) is 1. The number of likely N-dealkylation sites (N-methyl/N-ethyl adjacent to an activating group) is 1. The van der Waals surface area contributed by atoms with E-state index in [-0.39, 0.29) is 5.13 Å². The quantitative estimate of drug-likeness (QED) is 0.758. The summed E-state index contributed by atoms with van der Waals surface area (Å²) in [5, 5.41) is 20.6. The van der Waals surface area contributed by atoms with Crippen molar-refractivity contribution in [3.05, 3.63) is 38.8 Å². The van der Waals surface area contributed by atoms with Gasteiger partial charge in [-0.1, -0.05) is 34.5 Å². The Bertz CT molecular complexity index is 768. The Labute approximate surface area is 160 Å². The zero-order valence-corrected chi connectivity index (χ0v) is 15.5. The van der Waals surface area contributed by atoms with Gasteiger partial charge >= 0.3 is 12.2 Å². The lowest BCUT2D eigenvalue weighted by molar-refractivity contribution is -0.205. The molecule has 0 bridgehead atoms. The average Bonchev–Trinajstić information content (AvgIpc) is 2.91. The first kappa shape index (κ1) is 20.7. The van der Waals surface area contributed by atoms with E-state index in [9.17, 15) is 18.0 Å². The van der Waals surface area contributed by atoms with Crippen molar-refractivity contribution >= 4 is 45.7 Å². The third-order valence-corrected chi connectivity index (χ3v) is 4.40. The van der Waals surface area contributed by atoms with Crippen LogP contribution in [-0.2, 0) is 6.42 Å². The molecule has 2 amide bonds. The maximum atomic E-state index is 12.3. The van der Waals surface area contributed by atoms with Gasteiger partial charge in [0.15, 0.2) is 6.10 Å². The van der Waals surface area contributed by atoms with Crippen molar-refractivity contribution in [2.45, 2.75) is 18.7 Å². The van der Waals surface area contributed by atoms with Crippen molar-refractivity contribution in [1.29, 1.82) is 0 Å². The molecule has 0 radical (unpaired) electrons. The fraction of sp³-hybridized carbons (Fsp3) is 0.357. The summed E-state index contributed by atoms with van der Waals surface area (Å²) in [6, 6.07) is 4.16. The summed E-state index contributed by atoms with van der Waals surface area (Å²) in [6.45, 7) is -0.901. The number of hydrogen-bond donors (Lipinski definition) is 2. The molecule has 2 rings (SSSR count). The minimum Gasteiger partial charge on any atom is -0.382 e. The van der Waals surface area contributed by atoms with E-state index in [2.05, 4.69) is 15.5 Å². The Morgan fingerprint density at radius 1 is 1.31 bits per heavy atom. The highest BCUT2D eigenvalue weighted by atomic mass is 35.5. The molecule has 26 heavy (non-hydrogen) atoms. The maximum Gasteiger partial charge on any atom is 0.416 e. The van der Waals surface area contributed by atoms with Gasteiger partial charge in [0.2, 0.25) is 5.13 Å². The third-order valence-electron chi connectivity index (χ3n) is 3.13. The lowest BCUT2D eigenvalue weighted by Gasteiger charge is -2.22. The normalized spacial score (nSPS) is 12.7. The zero-order valence-electron chi connectivity index (χ0n) is 13.2. The van der Waals surface area contributed by atoms with Gasteiger partial charge in [0.25, 0.3) is 0 Å². The molecule has 1 aromatic heterocycles. The number of carbonyl (C=O) groups excluding carboxylic acids is 1. The number of benzene rings is 1. The number of hydrogen-bond acceptors (Lipinski definition) is 5. The topological polar surface area (TPSA) is 78.4 Å². The molecule has 2 aromatic rings. The summed E-state index contributed by atoms with van der Waals surface area (Å²) in [5.41, 5.74) is 0.793. The molecule has 0 saturated heterocycles. The van der Waals surface area contributed by atoms with E-state index in [0.717, 1.165) is 23.9 Å². The van der Waals surface area contributed by atoms with Crippen LogP contribution in [0.1, 0.15) is 10.6 Å². The molecule has 0 aliphatic rings. The number of nitrogens with zero attached hydrogens (tertiary/aromatic N) is 3. The summed E-state index contributed by atoms with van der Waals surface area (Å²) in [7, 11) is 1.13. The van der Waals surface area contributed by atoms with Gasteiger partial charge in [-0.3, -0.25) is 5.32 Å². The van der Waals surface area contributed by atoms with Crippen LogP contribution in [0.5, 0.6) is 0 Å². The minimum absolute atomic E-state index is 0.117. The summed E-state index contributed by atoms with van der Waals surface area (Å²) in [4.78, 5) is 12.6.